The Morgan fingerprint density at radius 1 is 1.11 bits per heavy atom. The van der Waals surface area contributed by atoms with Gasteiger partial charge in [0.15, 0.2) is 0 Å². The molecule has 3 fully saturated rings. The number of piperidine rings is 2. The van der Waals surface area contributed by atoms with Crippen molar-refractivity contribution in [2.75, 3.05) is 32.8 Å². The van der Waals surface area contributed by atoms with Gasteiger partial charge in [0, 0.05) is 32.4 Å². The van der Waals surface area contributed by atoms with Crippen molar-refractivity contribution in [3.05, 3.63) is 53.6 Å². The standard InChI is InChI=1S/C27H36FN5O3/c1-27(2,3)20-14-29-33(15-20)25(18-4-6-21(28)7-5-18)19-8-11-31(12-9-19)26(35)32-13-10-23-22(16-32)30-24(34)17-36-23/h4-7,14-15,19,22-23,25H,8-13,16-17H2,1-3H3,(H,30,34)/t22-,23+,25?/m1/s1. The second kappa shape index (κ2) is 9.84. The molecule has 0 radical (unpaired) electrons. The molecule has 0 spiro atoms. The van der Waals surface area contributed by atoms with Gasteiger partial charge in [-0.1, -0.05) is 32.9 Å². The first-order chi connectivity index (χ1) is 17.2. The van der Waals surface area contributed by atoms with E-state index >= 15 is 0 Å². The minimum atomic E-state index is -0.253. The number of likely N-dealkylation sites (tertiary alicyclic amines) is 2. The van der Waals surface area contributed by atoms with E-state index in [0.29, 0.717) is 26.2 Å². The van der Waals surface area contributed by atoms with E-state index in [1.807, 2.05) is 32.8 Å². The first-order valence-electron chi connectivity index (χ1n) is 12.9. The molecule has 3 atom stereocenters. The van der Waals surface area contributed by atoms with E-state index in [2.05, 4.69) is 32.3 Å². The molecule has 0 bridgehead atoms. The summed E-state index contributed by atoms with van der Waals surface area (Å²) in [6.45, 7) is 9.03. The van der Waals surface area contributed by atoms with Gasteiger partial charge >= 0.3 is 6.03 Å². The predicted molar refractivity (Wildman–Crippen MR) is 133 cm³/mol. The average Bonchev–Trinajstić information content (AvgIpc) is 3.35. The van der Waals surface area contributed by atoms with Gasteiger partial charge in [0.25, 0.3) is 0 Å². The van der Waals surface area contributed by atoms with E-state index < -0.39 is 0 Å². The minimum Gasteiger partial charge on any atom is -0.366 e. The number of ether oxygens (including phenoxy) is 1. The first-order valence-corrected chi connectivity index (χ1v) is 12.9. The summed E-state index contributed by atoms with van der Waals surface area (Å²) in [6, 6.07) is 6.57. The van der Waals surface area contributed by atoms with Crippen LogP contribution < -0.4 is 5.32 Å². The molecular formula is C27H36FN5O3. The van der Waals surface area contributed by atoms with E-state index in [9.17, 15) is 14.0 Å². The van der Waals surface area contributed by atoms with Gasteiger partial charge in [-0.15, -0.1) is 0 Å². The fourth-order valence-corrected chi connectivity index (χ4v) is 5.66. The molecule has 1 N–H and O–H groups in total. The fourth-order valence-electron chi connectivity index (χ4n) is 5.66. The number of fused-ring (bicyclic) bond motifs is 1. The lowest BCUT2D eigenvalue weighted by Gasteiger charge is -2.44. The molecule has 5 rings (SSSR count). The number of halogens is 1. The number of morpholine rings is 1. The number of carbonyl (C=O) groups is 2. The molecule has 194 valence electrons. The van der Waals surface area contributed by atoms with Crippen molar-refractivity contribution in [1.29, 1.82) is 0 Å². The largest absolute Gasteiger partial charge is 0.366 e. The molecule has 2 aromatic rings. The molecule has 4 heterocycles. The summed E-state index contributed by atoms with van der Waals surface area (Å²) in [6.07, 6.45) is 6.41. The van der Waals surface area contributed by atoms with E-state index in [0.717, 1.165) is 30.4 Å². The molecule has 3 aliphatic heterocycles. The summed E-state index contributed by atoms with van der Waals surface area (Å²) in [7, 11) is 0. The number of aromatic nitrogens is 2. The summed E-state index contributed by atoms with van der Waals surface area (Å²) in [4.78, 5) is 28.8. The van der Waals surface area contributed by atoms with Crippen LogP contribution in [-0.4, -0.2) is 76.5 Å². The SMILES string of the molecule is CC(C)(C)c1cnn(C(c2ccc(F)cc2)C2CCN(C(=O)N3CC[C@@H]4OCC(=O)N[C@@H]4C3)CC2)c1. The Balaban J connectivity index is 1.27. The van der Waals surface area contributed by atoms with Crippen LogP contribution in [-0.2, 0) is 14.9 Å². The van der Waals surface area contributed by atoms with Gasteiger partial charge in [0.05, 0.1) is 24.4 Å². The van der Waals surface area contributed by atoms with Crippen LogP contribution in [0.4, 0.5) is 9.18 Å². The molecule has 9 heteroatoms. The van der Waals surface area contributed by atoms with Gasteiger partial charge in [0.1, 0.15) is 12.4 Å². The Morgan fingerprint density at radius 2 is 1.81 bits per heavy atom. The molecule has 1 unspecified atom stereocenters. The Morgan fingerprint density at radius 3 is 2.47 bits per heavy atom. The molecule has 3 amide bonds. The van der Waals surface area contributed by atoms with E-state index in [-0.39, 0.29) is 53.9 Å². The smallest absolute Gasteiger partial charge is 0.320 e. The quantitative estimate of drug-likeness (QED) is 0.706. The molecule has 1 aromatic carbocycles. The van der Waals surface area contributed by atoms with Crippen LogP contribution in [0.5, 0.6) is 0 Å². The maximum Gasteiger partial charge on any atom is 0.320 e. The van der Waals surface area contributed by atoms with Crippen molar-refractivity contribution in [1.82, 2.24) is 24.9 Å². The number of urea groups is 1. The summed E-state index contributed by atoms with van der Waals surface area (Å²) in [5, 5.41) is 7.68. The lowest BCUT2D eigenvalue weighted by molar-refractivity contribution is -0.139. The number of hydrogen-bond acceptors (Lipinski definition) is 4. The second-order valence-corrected chi connectivity index (χ2v) is 11.3. The van der Waals surface area contributed by atoms with E-state index in [1.165, 1.54) is 12.1 Å². The lowest BCUT2D eigenvalue weighted by Crippen LogP contribution is -2.62. The van der Waals surface area contributed by atoms with Crippen molar-refractivity contribution < 1.29 is 18.7 Å². The van der Waals surface area contributed by atoms with Gasteiger partial charge in [-0.3, -0.25) is 9.48 Å². The van der Waals surface area contributed by atoms with Crippen molar-refractivity contribution >= 4 is 11.9 Å². The molecule has 8 nitrogen and oxygen atoms in total. The topological polar surface area (TPSA) is 79.7 Å². The fraction of sp³-hybridized carbons (Fsp3) is 0.593. The van der Waals surface area contributed by atoms with Gasteiger partial charge in [-0.2, -0.15) is 5.10 Å². The van der Waals surface area contributed by atoms with Crippen LogP contribution in [0.2, 0.25) is 0 Å². The molecule has 36 heavy (non-hydrogen) atoms. The van der Waals surface area contributed by atoms with Gasteiger partial charge < -0.3 is 19.9 Å². The normalized spacial score (nSPS) is 24.3. The Kier molecular flexibility index (Phi) is 6.76. The van der Waals surface area contributed by atoms with Crippen LogP contribution in [0.15, 0.2) is 36.7 Å². The zero-order valence-electron chi connectivity index (χ0n) is 21.3. The van der Waals surface area contributed by atoms with Crippen LogP contribution >= 0.6 is 0 Å². The third kappa shape index (κ3) is 5.12. The highest BCUT2D eigenvalue weighted by Crippen LogP contribution is 2.35. The summed E-state index contributed by atoms with van der Waals surface area (Å²) in [5.74, 6) is -0.104. The van der Waals surface area contributed by atoms with Crippen LogP contribution in [0.3, 0.4) is 0 Å². The molecule has 3 saturated heterocycles. The highest BCUT2D eigenvalue weighted by atomic mass is 19.1. The number of nitrogens with zero attached hydrogens (tertiary/aromatic N) is 4. The van der Waals surface area contributed by atoms with Crippen molar-refractivity contribution in [2.24, 2.45) is 5.92 Å². The second-order valence-electron chi connectivity index (χ2n) is 11.3. The maximum absolute atomic E-state index is 13.7. The summed E-state index contributed by atoms with van der Waals surface area (Å²) >= 11 is 0. The zero-order valence-corrected chi connectivity index (χ0v) is 21.3. The lowest BCUT2D eigenvalue weighted by atomic mass is 9.85. The maximum atomic E-state index is 13.7. The van der Waals surface area contributed by atoms with E-state index in [1.54, 1.807) is 0 Å². The third-order valence-corrected chi connectivity index (χ3v) is 7.82. The molecule has 0 aliphatic carbocycles. The molecular weight excluding hydrogens is 461 g/mol. The Hall–Kier alpha value is -2.94. The third-order valence-electron chi connectivity index (χ3n) is 7.82. The highest BCUT2D eigenvalue weighted by Gasteiger charge is 2.39. The number of rotatable bonds is 3. The Labute approximate surface area is 211 Å². The number of nitrogens with one attached hydrogen (secondary N) is 1. The monoisotopic (exact) mass is 497 g/mol. The van der Waals surface area contributed by atoms with Gasteiger partial charge in [-0.05, 0) is 53.9 Å². The highest BCUT2D eigenvalue weighted by molar-refractivity contribution is 5.79. The minimum absolute atomic E-state index is 0.0130. The van der Waals surface area contributed by atoms with Crippen molar-refractivity contribution in [3.63, 3.8) is 0 Å². The van der Waals surface area contributed by atoms with Crippen LogP contribution in [0.25, 0.3) is 0 Å². The van der Waals surface area contributed by atoms with Crippen molar-refractivity contribution in [2.45, 2.75) is 63.6 Å². The number of amides is 3. The average molecular weight is 498 g/mol. The van der Waals surface area contributed by atoms with Gasteiger partial charge in [-0.25, -0.2) is 9.18 Å². The van der Waals surface area contributed by atoms with Crippen molar-refractivity contribution in [3.8, 4) is 0 Å². The molecule has 0 saturated carbocycles. The van der Waals surface area contributed by atoms with Crippen LogP contribution in [0.1, 0.15) is 57.2 Å². The molecule has 3 aliphatic rings. The summed E-state index contributed by atoms with van der Waals surface area (Å²) in [5.41, 5.74) is 2.17. The first kappa shape index (κ1) is 24.7. The number of carbonyl (C=O) groups excluding carboxylic acids is 2. The molecule has 1 aromatic heterocycles. The van der Waals surface area contributed by atoms with Crippen LogP contribution in [0, 0.1) is 11.7 Å². The predicted octanol–water partition coefficient (Wildman–Crippen LogP) is 3.33. The number of benzene rings is 1. The summed E-state index contributed by atoms with van der Waals surface area (Å²) < 4.78 is 21.3. The van der Waals surface area contributed by atoms with Gasteiger partial charge in [0.2, 0.25) is 5.91 Å². The van der Waals surface area contributed by atoms with E-state index in [4.69, 9.17) is 9.84 Å². The zero-order chi connectivity index (χ0) is 25.4. The number of hydrogen-bond donors (Lipinski definition) is 1. The Bertz CT molecular complexity index is 1090.